The minimum Gasteiger partial charge on any atom is -0.343 e. The van der Waals surface area contributed by atoms with Gasteiger partial charge in [0.05, 0.1) is 0 Å². The number of nitrogens with zero attached hydrogens (tertiary/aromatic N) is 1. The predicted molar refractivity (Wildman–Crippen MR) is 50.8 cm³/mol. The van der Waals surface area contributed by atoms with Crippen LogP contribution in [-0.4, -0.2) is 30.4 Å². The van der Waals surface area contributed by atoms with Crippen LogP contribution in [0.5, 0.6) is 0 Å². The fraction of sp³-hybridized carbons (Fsp3) is 0.889. The summed E-state index contributed by atoms with van der Waals surface area (Å²) < 4.78 is 0. The van der Waals surface area contributed by atoms with Crippen molar-refractivity contribution < 1.29 is 4.79 Å². The Morgan fingerprint density at radius 1 is 1.42 bits per heavy atom. The van der Waals surface area contributed by atoms with Crippen molar-refractivity contribution in [3.8, 4) is 0 Å². The minimum atomic E-state index is 0.220. The fourth-order valence-electron chi connectivity index (χ4n) is 1.09. The van der Waals surface area contributed by atoms with Crippen LogP contribution in [0.25, 0.3) is 0 Å². The van der Waals surface area contributed by atoms with Crippen molar-refractivity contribution in [2.24, 2.45) is 11.7 Å². The average molecular weight is 172 g/mol. The largest absolute Gasteiger partial charge is 0.343 e. The van der Waals surface area contributed by atoms with E-state index in [1.54, 1.807) is 0 Å². The van der Waals surface area contributed by atoms with Crippen LogP contribution < -0.4 is 5.73 Å². The van der Waals surface area contributed by atoms with Gasteiger partial charge in [0.15, 0.2) is 0 Å². The van der Waals surface area contributed by atoms with E-state index in [1.165, 1.54) is 0 Å². The lowest BCUT2D eigenvalue weighted by Gasteiger charge is -2.20. The van der Waals surface area contributed by atoms with Crippen LogP contribution in [0.15, 0.2) is 0 Å². The van der Waals surface area contributed by atoms with Gasteiger partial charge in [0.2, 0.25) is 5.91 Å². The van der Waals surface area contributed by atoms with Crippen LogP contribution in [0.1, 0.15) is 27.2 Å². The highest BCUT2D eigenvalue weighted by atomic mass is 16.2. The van der Waals surface area contributed by atoms with Crippen molar-refractivity contribution in [2.45, 2.75) is 27.2 Å². The smallest absolute Gasteiger partial charge is 0.222 e. The van der Waals surface area contributed by atoms with Gasteiger partial charge in [-0.1, -0.05) is 6.92 Å². The Morgan fingerprint density at radius 3 is 2.25 bits per heavy atom. The van der Waals surface area contributed by atoms with E-state index in [-0.39, 0.29) is 5.91 Å². The van der Waals surface area contributed by atoms with Gasteiger partial charge < -0.3 is 10.6 Å². The van der Waals surface area contributed by atoms with Gasteiger partial charge in [0.1, 0.15) is 0 Å². The quantitative estimate of drug-likeness (QED) is 0.668. The summed E-state index contributed by atoms with van der Waals surface area (Å²) in [7, 11) is 0. The molecular formula is C9H20N2O. The Balaban J connectivity index is 3.84. The molecule has 72 valence electrons. The van der Waals surface area contributed by atoms with Gasteiger partial charge in [0, 0.05) is 19.5 Å². The van der Waals surface area contributed by atoms with Crippen molar-refractivity contribution in [1.82, 2.24) is 4.90 Å². The summed E-state index contributed by atoms with van der Waals surface area (Å²) >= 11 is 0. The maximum Gasteiger partial charge on any atom is 0.222 e. The lowest BCUT2D eigenvalue weighted by atomic mass is 10.1. The molecule has 0 fully saturated rings. The molecular weight excluding hydrogens is 152 g/mol. The molecule has 0 saturated carbocycles. The van der Waals surface area contributed by atoms with Crippen molar-refractivity contribution >= 4 is 5.91 Å². The SMILES string of the molecule is CCN(CC)C(=O)CC(C)CN. The highest BCUT2D eigenvalue weighted by molar-refractivity contribution is 5.76. The van der Waals surface area contributed by atoms with Gasteiger partial charge in [-0.15, -0.1) is 0 Å². The summed E-state index contributed by atoms with van der Waals surface area (Å²) in [6.07, 6.45) is 0.582. The Morgan fingerprint density at radius 2 is 1.92 bits per heavy atom. The molecule has 0 aromatic carbocycles. The lowest BCUT2D eigenvalue weighted by molar-refractivity contribution is -0.131. The first-order chi connectivity index (χ1) is 5.65. The average Bonchev–Trinajstić information content (AvgIpc) is 2.06. The van der Waals surface area contributed by atoms with Gasteiger partial charge >= 0.3 is 0 Å². The Kier molecular flexibility index (Phi) is 5.72. The van der Waals surface area contributed by atoms with E-state index in [0.29, 0.717) is 18.9 Å². The summed E-state index contributed by atoms with van der Waals surface area (Å²) in [4.78, 5) is 13.3. The van der Waals surface area contributed by atoms with Crippen molar-refractivity contribution in [1.29, 1.82) is 0 Å². The number of amides is 1. The molecule has 0 saturated heterocycles. The number of hydrogen-bond acceptors (Lipinski definition) is 2. The number of hydrogen-bond donors (Lipinski definition) is 1. The van der Waals surface area contributed by atoms with Crippen LogP contribution in [0.2, 0.25) is 0 Å². The van der Waals surface area contributed by atoms with Gasteiger partial charge in [0.25, 0.3) is 0 Å². The summed E-state index contributed by atoms with van der Waals surface area (Å²) in [6, 6.07) is 0. The Bertz CT molecular complexity index is 132. The van der Waals surface area contributed by atoms with Gasteiger partial charge in [-0.3, -0.25) is 4.79 Å². The minimum absolute atomic E-state index is 0.220. The summed E-state index contributed by atoms with van der Waals surface area (Å²) in [5, 5.41) is 0. The third-order valence-corrected chi connectivity index (χ3v) is 2.04. The van der Waals surface area contributed by atoms with Crippen LogP contribution in [0.3, 0.4) is 0 Å². The molecule has 0 radical (unpaired) electrons. The molecule has 0 rings (SSSR count). The molecule has 0 aliphatic heterocycles. The number of carbonyl (C=O) groups excluding carboxylic acids is 1. The molecule has 0 aliphatic carbocycles. The third kappa shape index (κ3) is 3.72. The second kappa shape index (κ2) is 6.00. The van der Waals surface area contributed by atoms with E-state index in [2.05, 4.69) is 0 Å². The fourth-order valence-corrected chi connectivity index (χ4v) is 1.09. The number of nitrogens with two attached hydrogens (primary N) is 1. The highest BCUT2D eigenvalue weighted by Crippen LogP contribution is 2.03. The molecule has 0 aromatic heterocycles. The van der Waals surface area contributed by atoms with E-state index < -0.39 is 0 Å². The van der Waals surface area contributed by atoms with E-state index in [4.69, 9.17) is 5.73 Å². The maximum atomic E-state index is 11.4. The lowest BCUT2D eigenvalue weighted by Crippen LogP contribution is -2.32. The number of rotatable bonds is 5. The molecule has 0 bridgehead atoms. The van der Waals surface area contributed by atoms with Gasteiger partial charge in [-0.2, -0.15) is 0 Å². The molecule has 0 spiro atoms. The summed E-state index contributed by atoms with van der Waals surface area (Å²) in [6.45, 7) is 8.18. The molecule has 0 aliphatic rings. The second-order valence-electron chi connectivity index (χ2n) is 3.11. The molecule has 0 aromatic rings. The topological polar surface area (TPSA) is 46.3 Å². The van der Waals surface area contributed by atoms with E-state index in [1.807, 2.05) is 25.7 Å². The molecule has 3 nitrogen and oxygen atoms in total. The number of carbonyl (C=O) groups is 1. The molecule has 12 heavy (non-hydrogen) atoms. The van der Waals surface area contributed by atoms with Crippen LogP contribution >= 0.6 is 0 Å². The standard InChI is InChI=1S/C9H20N2O/c1-4-11(5-2)9(12)6-8(3)7-10/h8H,4-7,10H2,1-3H3. The maximum absolute atomic E-state index is 11.4. The molecule has 1 unspecified atom stereocenters. The molecule has 2 N–H and O–H groups in total. The van der Waals surface area contributed by atoms with Gasteiger partial charge in [-0.05, 0) is 26.3 Å². The predicted octanol–water partition coefficient (Wildman–Crippen LogP) is 0.840. The van der Waals surface area contributed by atoms with Gasteiger partial charge in [-0.25, -0.2) is 0 Å². The first-order valence-corrected chi connectivity index (χ1v) is 4.63. The van der Waals surface area contributed by atoms with E-state index >= 15 is 0 Å². The zero-order valence-corrected chi connectivity index (χ0v) is 8.34. The van der Waals surface area contributed by atoms with E-state index in [9.17, 15) is 4.79 Å². The summed E-state index contributed by atoms with van der Waals surface area (Å²) in [5.74, 6) is 0.524. The molecule has 3 heteroatoms. The molecule has 1 atom stereocenters. The first-order valence-electron chi connectivity index (χ1n) is 4.63. The normalized spacial score (nSPS) is 12.7. The van der Waals surface area contributed by atoms with Crippen molar-refractivity contribution in [2.75, 3.05) is 19.6 Å². The van der Waals surface area contributed by atoms with Crippen LogP contribution in [0, 0.1) is 5.92 Å². The monoisotopic (exact) mass is 172 g/mol. The van der Waals surface area contributed by atoms with Crippen molar-refractivity contribution in [3.63, 3.8) is 0 Å². The van der Waals surface area contributed by atoms with Crippen LogP contribution in [0.4, 0.5) is 0 Å². The zero-order valence-electron chi connectivity index (χ0n) is 8.34. The van der Waals surface area contributed by atoms with Crippen molar-refractivity contribution in [3.05, 3.63) is 0 Å². The zero-order chi connectivity index (χ0) is 9.56. The van der Waals surface area contributed by atoms with E-state index in [0.717, 1.165) is 13.1 Å². The first kappa shape index (κ1) is 11.4. The Hall–Kier alpha value is -0.570. The van der Waals surface area contributed by atoms with Crippen LogP contribution in [-0.2, 0) is 4.79 Å². The molecule has 1 amide bonds. The second-order valence-corrected chi connectivity index (χ2v) is 3.11. The third-order valence-electron chi connectivity index (χ3n) is 2.04. The Labute approximate surface area is 74.9 Å². The highest BCUT2D eigenvalue weighted by Gasteiger charge is 2.12. The summed E-state index contributed by atoms with van der Waals surface area (Å²) in [5.41, 5.74) is 5.43. The molecule has 0 heterocycles.